The van der Waals surface area contributed by atoms with Gasteiger partial charge in [0.1, 0.15) is 0 Å². The molecule has 0 amide bonds. The molecular weight excluding hydrogens is 635 g/mol. The molecule has 0 bridgehead atoms. The van der Waals surface area contributed by atoms with Gasteiger partial charge in [0, 0.05) is 32.1 Å². The molecule has 0 fully saturated rings. The van der Waals surface area contributed by atoms with Crippen LogP contribution in [0.5, 0.6) is 0 Å². The second-order valence-corrected chi connectivity index (χ2v) is 14.2. The summed E-state index contributed by atoms with van der Waals surface area (Å²) in [7, 11) is 0. The molecule has 7 aromatic rings. The number of hydrogen-bond donors (Lipinski definition) is 0. The van der Waals surface area contributed by atoms with Crippen LogP contribution in [-0.4, -0.2) is 0 Å². The van der Waals surface area contributed by atoms with Crippen molar-refractivity contribution in [2.24, 2.45) is 0 Å². The third-order valence-electron chi connectivity index (χ3n) is 9.40. The van der Waals surface area contributed by atoms with Crippen LogP contribution in [0.1, 0.15) is 49.9 Å². The fraction of sp³-hybridized carbons (Fsp3) is 0.143. The Balaban J connectivity index is 0.000000441. The highest BCUT2D eigenvalue weighted by molar-refractivity contribution is 7.99. The quantitative estimate of drug-likeness (QED) is 0.172. The molecule has 254 valence electrons. The van der Waals surface area contributed by atoms with Crippen LogP contribution >= 0.6 is 11.8 Å². The van der Waals surface area contributed by atoms with E-state index in [4.69, 9.17) is 0 Å². The van der Waals surface area contributed by atoms with Crippen molar-refractivity contribution >= 4 is 28.8 Å². The molecule has 0 saturated heterocycles. The Morgan fingerprint density at radius 1 is 0.471 bits per heavy atom. The molecule has 0 atom stereocenters. The molecule has 0 radical (unpaired) electrons. The first kappa shape index (κ1) is 35.5. The summed E-state index contributed by atoms with van der Waals surface area (Å²) in [5.41, 5.74) is 13.9. The highest BCUT2D eigenvalue weighted by Gasteiger charge is 2.36. The predicted octanol–water partition coefficient (Wildman–Crippen LogP) is 14.6. The van der Waals surface area contributed by atoms with Crippen LogP contribution in [0.3, 0.4) is 0 Å². The first-order valence-corrected chi connectivity index (χ1v) is 18.8. The van der Waals surface area contributed by atoms with Crippen LogP contribution in [-0.2, 0) is 5.41 Å². The van der Waals surface area contributed by atoms with E-state index in [2.05, 4.69) is 190 Å². The Bertz CT molecular complexity index is 2190. The highest BCUT2D eigenvalue weighted by atomic mass is 32.2. The lowest BCUT2D eigenvalue weighted by atomic mass is 9.82. The van der Waals surface area contributed by atoms with E-state index in [1.165, 1.54) is 65.7 Å². The van der Waals surface area contributed by atoms with Crippen LogP contribution in [0, 0.1) is 13.8 Å². The first-order chi connectivity index (χ1) is 24.9. The summed E-state index contributed by atoms with van der Waals surface area (Å²) in [6.45, 7) is 13.0. The van der Waals surface area contributed by atoms with Crippen molar-refractivity contribution in [1.29, 1.82) is 0 Å². The molecule has 1 nitrogen and oxygen atoms in total. The summed E-state index contributed by atoms with van der Waals surface area (Å²) in [5.74, 6) is 0. The number of fused-ring (bicyclic) bond motifs is 3. The maximum Gasteiger partial charge on any atom is 0.0543 e. The van der Waals surface area contributed by atoms with Gasteiger partial charge in [0.25, 0.3) is 0 Å². The SMILES string of the molecule is CC.Cc1cccc(N(c2ccccc2)c2ccc3c(c2)C(C)(C)c2ccccc2-3)c1-c1ccccc1Sc1ccccc1.Cc1ccccc1. The molecule has 51 heavy (non-hydrogen) atoms. The zero-order valence-corrected chi connectivity index (χ0v) is 31.4. The molecule has 2 heteroatoms. The predicted molar refractivity (Wildman–Crippen MR) is 222 cm³/mol. The van der Waals surface area contributed by atoms with Crippen molar-refractivity contribution in [3.8, 4) is 22.3 Å². The van der Waals surface area contributed by atoms with Crippen molar-refractivity contribution in [2.75, 3.05) is 4.90 Å². The second kappa shape index (κ2) is 16.1. The average Bonchev–Trinajstić information content (AvgIpc) is 3.40. The number of benzene rings is 7. The maximum absolute atomic E-state index is 2.44. The van der Waals surface area contributed by atoms with Crippen LogP contribution in [0.4, 0.5) is 17.1 Å². The molecule has 1 aliphatic rings. The molecule has 0 heterocycles. The van der Waals surface area contributed by atoms with E-state index in [1.54, 1.807) is 0 Å². The van der Waals surface area contributed by atoms with Gasteiger partial charge < -0.3 is 4.90 Å². The van der Waals surface area contributed by atoms with Crippen molar-refractivity contribution in [1.82, 2.24) is 0 Å². The average molecular weight is 682 g/mol. The monoisotopic (exact) mass is 681 g/mol. The van der Waals surface area contributed by atoms with E-state index in [1.807, 2.05) is 43.8 Å². The van der Waals surface area contributed by atoms with E-state index in [9.17, 15) is 0 Å². The third-order valence-corrected chi connectivity index (χ3v) is 10.5. The van der Waals surface area contributed by atoms with Crippen molar-refractivity contribution in [3.05, 3.63) is 198 Å². The molecule has 0 aromatic heterocycles. The van der Waals surface area contributed by atoms with E-state index in [0.717, 1.165) is 5.69 Å². The summed E-state index contributed by atoms with van der Waals surface area (Å²) < 4.78 is 0. The summed E-state index contributed by atoms with van der Waals surface area (Å²) in [6, 6.07) is 63.1. The lowest BCUT2D eigenvalue weighted by molar-refractivity contribution is 0.660. The third kappa shape index (κ3) is 7.58. The van der Waals surface area contributed by atoms with Gasteiger partial charge in [-0.3, -0.25) is 0 Å². The van der Waals surface area contributed by atoms with Gasteiger partial charge in [-0.1, -0.05) is 172 Å². The van der Waals surface area contributed by atoms with Gasteiger partial charge >= 0.3 is 0 Å². The summed E-state index contributed by atoms with van der Waals surface area (Å²) in [4.78, 5) is 4.92. The number of anilines is 3. The summed E-state index contributed by atoms with van der Waals surface area (Å²) in [6.07, 6.45) is 0. The normalized spacial score (nSPS) is 12.0. The van der Waals surface area contributed by atoms with Gasteiger partial charge in [-0.15, -0.1) is 0 Å². The van der Waals surface area contributed by atoms with Gasteiger partial charge in [0.05, 0.1) is 5.69 Å². The van der Waals surface area contributed by atoms with Crippen LogP contribution in [0.2, 0.25) is 0 Å². The Morgan fingerprint density at radius 3 is 1.71 bits per heavy atom. The highest BCUT2D eigenvalue weighted by Crippen LogP contribution is 2.52. The standard InChI is InChI=1S/C40H33NS.C7H8.C2H6/c1-28-15-14-23-37(39(28)34-21-11-13-24-38(34)42-31-18-8-5-9-19-31)41(29-16-6-4-7-17-29)30-25-26-33-32-20-10-12-22-35(32)40(2,3)36(33)27-30;1-7-5-3-2-4-6-7;1-2/h4-27H,1-3H3;2-6H,1H3;1-2H3. The van der Waals surface area contributed by atoms with E-state index in [0.29, 0.717) is 0 Å². The fourth-order valence-corrected chi connectivity index (χ4v) is 7.91. The Hall–Kier alpha value is -5.31. The number of rotatable bonds is 6. The largest absolute Gasteiger partial charge is 0.310 e. The minimum Gasteiger partial charge on any atom is -0.310 e. The van der Waals surface area contributed by atoms with Gasteiger partial charge in [-0.2, -0.15) is 0 Å². The molecule has 0 saturated carbocycles. The number of aryl methyl sites for hydroxylation is 2. The smallest absolute Gasteiger partial charge is 0.0543 e. The van der Waals surface area contributed by atoms with Crippen LogP contribution in [0.25, 0.3) is 22.3 Å². The molecule has 0 spiro atoms. The minimum absolute atomic E-state index is 0.0708. The fourth-order valence-electron chi connectivity index (χ4n) is 6.94. The molecule has 1 aliphatic carbocycles. The number of hydrogen-bond acceptors (Lipinski definition) is 2. The van der Waals surface area contributed by atoms with Crippen molar-refractivity contribution in [3.63, 3.8) is 0 Å². The minimum atomic E-state index is -0.0708. The number of para-hydroxylation sites is 1. The maximum atomic E-state index is 2.44. The van der Waals surface area contributed by atoms with Gasteiger partial charge in [-0.25, -0.2) is 0 Å². The van der Waals surface area contributed by atoms with Crippen LogP contribution < -0.4 is 4.90 Å². The van der Waals surface area contributed by atoms with E-state index >= 15 is 0 Å². The van der Waals surface area contributed by atoms with E-state index < -0.39 is 0 Å². The zero-order valence-electron chi connectivity index (χ0n) is 30.6. The summed E-state index contributed by atoms with van der Waals surface area (Å²) in [5, 5.41) is 0. The molecule has 0 N–H and O–H groups in total. The second-order valence-electron chi connectivity index (χ2n) is 13.1. The Labute approximate surface area is 309 Å². The Morgan fingerprint density at radius 2 is 1.04 bits per heavy atom. The molecular formula is C49H47NS. The van der Waals surface area contributed by atoms with Gasteiger partial charge in [-0.05, 0) is 95.8 Å². The molecule has 8 rings (SSSR count). The molecule has 0 aliphatic heterocycles. The lowest BCUT2D eigenvalue weighted by Crippen LogP contribution is -2.17. The van der Waals surface area contributed by atoms with Crippen molar-refractivity contribution in [2.45, 2.75) is 56.7 Å². The lowest BCUT2D eigenvalue weighted by Gasteiger charge is -2.30. The molecule has 0 unspecified atom stereocenters. The van der Waals surface area contributed by atoms with E-state index in [-0.39, 0.29) is 5.41 Å². The van der Waals surface area contributed by atoms with Crippen molar-refractivity contribution < 1.29 is 0 Å². The van der Waals surface area contributed by atoms with Gasteiger partial charge in [0.15, 0.2) is 0 Å². The number of nitrogens with zero attached hydrogens (tertiary/aromatic N) is 1. The Kier molecular flexibility index (Phi) is 11.2. The van der Waals surface area contributed by atoms with Crippen LogP contribution in [0.15, 0.2) is 186 Å². The van der Waals surface area contributed by atoms with Gasteiger partial charge in [0.2, 0.25) is 0 Å². The topological polar surface area (TPSA) is 3.24 Å². The zero-order chi connectivity index (χ0) is 35.8. The summed E-state index contributed by atoms with van der Waals surface area (Å²) >= 11 is 1.82. The molecule has 7 aromatic carbocycles. The first-order valence-electron chi connectivity index (χ1n) is 17.9.